The van der Waals surface area contributed by atoms with Gasteiger partial charge in [0.2, 0.25) is 5.91 Å². The molecule has 1 amide bonds. The van der Waals surface area contributed by atoms with Crippen molar-refractivity contribution >= 4 is 5.91 Å². The molecule has 0 bridgehead atoms. The fourth-order valence-corrected chi connectivity index (χ4v) is 6.96. The zero-order valence-electron chi connectivity index (χ0n) is 20.5. The van der Waals surface area contributed by atoms with Crippen LogP contribution in [-0.4, -0.2) is 53.7 Å². The van der Waals surface area contributed by atoms with Gasteiger partial charge in [-0.25, -0.2) is 0 Å². The molecule has 4 atom stereocenters. The largest absolute Gasteiger partial charge is 0.467 e. The quantitative estimate of drug-likeness (QED) is 0.597. The second-order valence-corrected chi connectivity index (χ2v) is 11.8. The molecule has 0 unspecified atom stereocenters. The number of carbonyl (C=O) groups is 1. The lowest BCUT2D eigenvalue weighted by Gasteiger charge is -2.51. The van der Waals surface area contributed by atoms with Gasteiger partial charge in [0.15, 0.2) is 0 Å². The molecule has 32 heavy (non-hydrogen) atoms. The first-order chi connectivity index (χ1) is 15.1. The average Bonchev–Trinajstić information content (AvgIpc) is 3.32. The number of fused-ring (bicyclic) bond motifs is 1. The van der Waals surface area contributed by atoms with Crippen LogP contribution in [0, 0.1) is 16.7 Å². The van der Waals surface area contributed by atoms with Crippen LogP contribution in [0.2, 0.25) is 0 Å². The minimum Gasteiger partial charge on any atom is -0.467 e. The highest BCUT2D eigenvalue weighted by Gasteiger charge is 2.61. The molecule has 4 rings (SSSR count). The van der Waals surface area contributed by atoms with Crippen LogP contribution in [0.3, 0.4) is 0 Å². The van der Waals surface area contributed by atoms with Crippen molar-refractivity contribution in [1.29, 1.82) is 0 Å². The van der Waals surface area contributed by atoms with Crippen LogP contribution >= 0.6 is 0 Å². The van der Waals surface area contributed by atoms with Gasteiger partial charge in [-0.2, -0.15) is 0 Å². The lowest BCUT2D eigenvalue weighted by Crippen LogP contribution is -2.54. The Labute approximate surface area is 193 Å². The molecule has 2 aliphatic carbocycles. The van der Waals surface area contributed by atoms with Crippen LogP contribution in [-0.2, 0) is 11.3 Å². The minimum absolute atomic E-state index is 0.0666. The molecule has 6 heteroatoms. The molecule has 1 aliphatic heterocycles. The summed E-state index contributed by atoms with van der Waals surface area (Å²) in [5.41, 5.74) is -0.384. The summed E-state index contributed by atoms with van der Waals surface area (Å²) in [5, 5.41) is 18.1. The summed E-state index contributed by atoms with van der Waals surface area (Å²) in [5.74, 6) is 1.29. The third-order valence-corrected chi connectivity index (χ3v) is 8.85. The Bertz CT molecular complexity index is 767. The highest BCUT2D eigenvalue weighted by Crippen LogP contribution is 2.64. The molecule has 0 radical (unpaired) electrons. The highest BCUT2D eigenvalue weighted by atomic mass is 16.3. The van der Waals surface area contributed by atoms with E-state index in [9.17, 15) is 9.90 Å². The topological polar surface area (TPSA) is 77.7 Å². The number of furan rings is 1. The van der Waals surface area contributed by atoms with Crippen molar-refractivity contribution in [3.8, 4) is 0 Å². The predicted molar refractivity (Wildman–Crippen MR) is 126 cm³/mol. The molecule has 2 saturated carbocycles. The maximum absolute atomic E-state index is 12.8. The zero-order valence-corrected chi connectivity index (χ0v) is 20.5. The van der Waals surface area contributed by atoms with Gasteiger partial charge >= 0.3 is 0 Å². The van der Waals surface area contributed by atoms with Crippen molar-refractivity contribution in [2.24, 2.45) is 16.7 Å². The van der Waals surface area contributed by atoms with Gasteiger partial charge in [0.05, 0.1) is 18.4 Å². The molecule has 3 aliphatic rings. The maximum Gasteiger partial charge on any atom is 0.220 e. The molecule has 3 N–H and O–H groups in total. The van der Waals surface area contributed by atoms with E-state index in [1.54, 1.807) is 6.26 Å². The van der Waals surface area contributed by atoms with E-state index < -0.39 is 5.60 Å². The van der Waals surface area contributed by atoms with Crippen molar-refractivity contribution in [1.82, 2.24) is 15.5 Å². The standard InChI is InChI=1S/C26H43N3O3/c1-24(2)17-22(28-19-8-13-29(4)14-9-19)26(12-11-25(3,31)16-21(24)26)10-7-23(30)27-18-20-6-5-15-32-20/h5-6,15,19,21-22,28,31H,7-14,16-18H2,1-4H3,(H,27,30)/t21-,22-,25+,26+/m0/s1. The molecule has 1 saturated heterocycles. The van der Waals surface area contributed by atoms with Crippen molar-refractivity contribution in [2.45, 2.75) is 96.4 Å². The Morgan fingerprint density at radius 1 is 1.22 bits per heavy atom. The highest BCUT2D eigenvalue weighted by molar-refractivity contribution is 5.75. The lowest BCUT2D eigenvalue weighted by atomic mass is 9.57. The van der Waals surface area contributed by atoms with Crippen LogP contribution in [0.4, 0.5) is 0 Å². The van der Waals surface area contributed by atoms with Crippen molar-refractivity contribution in [2.75, 3.05) is 20.1 Å². The molecule has 2 heterocycles. The molecule has 3 fully saturated rings. The molecular weight excluding hydrogens is 402 g/mol. The SMILES string of the molecule is CN1CCC(N[C@H]2CC(C)(C)[C@@H]3C[C@](C)(O)CC[C@@]23CCC(=O)NCc2ccco2)CC1. The van der Waals surface area contributed by atoms with E-state index in [4.69, 9.17) is 4.42 Å². The van der Waals surface area contributed by atoms with E-state index in [0.717, 1.165) is 51.0 Å². The van der Waals surface area contributed by atoms with Gasteiger partial charge in [-0.15, -0.1) is 0 Å². The Kier molecular flexibility index (Phi) is 6.77. The summed E-state index contributed by atoms with van der Waals surface area (Å²) in [6.45, 7) is 9.49. The summed E-state index contributed by atoms with van der Waals surface area (Å²) < 4.78 is 5.35. The Morgan fingerprint density at radius 2 is 1.97 bits per heavy atom. The first-order valence-electron chi connectivity index (χ1n) is 12.6. The fraction of sp³-hybridized carbons (Fsp3) is 0.808. The average molecular weight is 446 g/mol. The number of hydrogen-bond donors (Lipinski definition) is 3. The molecule has 1 aromatic rings. The molecule has 0 aromatic carbocycles. The Balaban J connectivity index is 1.48. The van der Waals surface area contributed by atoms with Crippen molar-refractivity contribution < 1.29 is 14.3 Å². The molecule has 1 aromatic heterocycles. The van der Waals surface area contributed by atoms with Crippen molar-refractivity contribution in [3.63, 3.8) is 0 Å². The number of nitrogens with one attached hydrogen (secondary N) is 2. The summed E-state index contributed by atoms with van der Waals surface area (Å²) in [4.78, 5) is 15.2. The number of amides is 1. The van der Waals surface area contributed by atoms with E-state index >= 15 is 0 Å². The van der Waals surface area contributed by atoms with E-state index in [0.29, 0.717) is 31.0 Å². The molecule has 0 spiro atoms. The van der Waals surface area contributed by atoms with Gasteiger partial charge in [0, 0.05) is 18.5 Å². The van der Waals surface area contributed by atoms with E-state index in [1.807, 2.05) is 19.1 Å². The summed E-state index contributed by atoms with van der Waals surface area (Å²) in [6, 6.07) is 4.70. The number of hydrogen-bond acceptors (Lipinski definition) is 5. The van der Waals surface area contributed by atoms with Crippen LogP contribution in [0.5, 0.6) is 0 Å². The zero-order chi connectivity index (χ0) is 23.0. The van der Waals surface area contributed by atoms with Gasteiger partial charge in [0.25, 0.3) is 0 Å². The second-order valence-electron chi connectivity index (χ2n) is 11.8. The number of nitrogens with zero attached hydrogens (tertiary/aromatic N) is 1. The normalized spacial score (nSPS) is 35.5. The first kappa shape index (κ1) is 23.8. The molecule has 6 nitrogen and oxygen atoms in total. The number of rotatable bonds is 7. The Morgan fingerprint density at radius 3 is 2.66 bits per heavy atom. The van der Waals surface area contributed by atoms with Gasteiger partial charge in [-0.05, 0) is 101 Å². The van der Waals surface area contributed by atoms with Crippen molar-refractivity contribution in [3.05, 3.63) is 24.2 Å². The van der Waals surface area contributed by atoms with Crippen LogP contribution in [0.25, 0.3) is 0 Å². The third kappa shape index (κ3) is 5.07. The monoisotopic (exact) mass is 445 g/mol. The van der Waals surface area contributed by atoms with Gasteiger partial charge in [-0.1, -0.05) is 13.8 Å². The first-order valence-corrected chi connectivity index (χ1v) is 12.6. The predicted octanol–water partition coefficient (Wildman–Crippen LogP) is 3.70. The smallest absolute Gasteiger partial charge is 0.220 e. The maximum atomic E-state index is 12.8. The summed E-state index contributed by atoms with van der Waals surface area (Å²) >= 11 is 0. The van der Waals surface area contributed by atoms with E-state index in [-0.39, 0.29) is 16.7 Å². The van der Waals surface area contributed by atoms with E-state index in [2.05, 4.69) is 36.4 Å². The van der Waals surface area contributed by atoms with E-state index in [1.165, 1.54) is 12.8 Å². The second kappa shape index (κ2) is 9.11. The Hall–Kier alpha value is -1.37. The fourth-order valence-electron chi connectivity index (χ4n) is 6.96. The van der Waals surface area contributed by atoms with Crippen LogP contribution in [0.1, 0.15) is 77.9 Å². The van der Waals surface area contributed by atoms with Gasteiger partial charge in [-0.3, -0.25) is 4.79 Å². The molecular formula is C26H43N3O3. The minimum atomic E-state index is -0.602. The summed E-state index contributed by atoms with van der Waals surface area (Å²) in [7, 11) is 2.21. The lowest BCUT2D eigenvalue weighted by molar-refractivity contribution is -0.123. The number of piperidine rings is 1. The third-order valence-electron chi connectivity index (χ3n) is 8.85. The van der Waals surface area contributed by atoms with Gasteiger partial charge in [0.1, 0.15) is 5.76 Å². The van der Waals surface area contributed by atoms with Gasteiger partial charge < -0.3 is 25.1 Å². The number of carbonyl (C=O) groups excluding carboxylic acids is 1. The van der Waals surface area contributed by atoms with Crippen LogP contribution < -0.4 is 10.6 Å². The number of likely N-dealkylation sites (tertiary alicyclic amines) is 1. The molecule has 180 valence electrons. The van der Waals surface area contributed by atoms with Crippen LogP contribution in [0.15, 0.2) is 22.8 Å². The summed E-state index contributed by atoms with van der Waals surface area (Å²) in [6.07, 6.45) is 9.19. The number of aliphatic hydroxyl groups is 1.